The van der Waals surface area contributed by atoms with E-state index in [0.717, 1.165) is 31.1 Å². The lowest BCUT2D eigenvalue weighted by molar-refractivity contribution is 0.0717. The molecule has 0 aromatic heterocycles. The molecule has 0 radical (unpaired) electrons. The molecule has 2 aliphatic rings. The van der Waals surface area contributed by atoms with Crippen LogP contribution in [0.15, 0.2) is 54.6 Å². The molecule has 0 bridgehead atoms. The Morgan fingerprint density at radius 3 is 2.55 bits per heavy atom. The maximum atomic E-state index is 6.23. The Hall–Kier alpha value is -2.43. The fraction of sp³-hybridized carbons (Fsp3) is 0.385. The summed E-state index contributed by atoms with van der Waals surface area (Å²) in [6.07, 6.45) is 3.75. The zero-order valence-corrected chi connectivity index (χ0v) is 18.9. The lowest BCUT2D eigenvalue weighted by atomic mass is 9.88. The van der Waals surface area contributed by atoms with Gasteiger partial charge >= 0.3 is 0 Å². The van der Waals surface area contributed by atoms with Gasteiger partial charge in [-0.2, -0.15) is 0 Å². The average molecular weight is 437 g/mol. The number of rotatable bonds is 4. The molecule has 0 aliphatic carbocycles. The van der Waals surface area contributed by atoms with E-state index < -0.39 is 0 Å². The van der Waals surface area contributed by atoms with Crippen molar-refractivity contribution in [1.29, 1.82) is 0 Å². The number of hydrogen-bond donors (Lipinski definition) is 0. The van der Waals surface area contributed by atoms with Crippen LogP contribution >= 0.6 is 11.6 Å². The van der Waals surface area contributed by atoms with E-state index in [1.165, 1.54) is 41.3 Å². The van der Waals surface area contributed by atoms with Gasteiger partial charge in [0.1, 0.15) is 11.5 Å². The Labute approximate surface area is 189 Å². The molecule has 2 saturated heterocycles. The summed E-state index contributed by atoms with van der Waals surface area (Å²) in [6.45, 7) is 3.13. The molecule has 5 rings (SSSR count). The summed E-state index contributed by atoms with van der Waals surface area (Å²) in [5.74, 6) is 1.66. The summed E-state index contributed by atoms with van der Waals surface area (Å²) in [5, 5.41) is 3.18. The highest BCUT2D eigenvalue weighted by Crippen LogP contribution is 2.39. The van der Waals surface area contributed by atoms with Crippen LogP contribution in [-0.2, 0) is 0 Å². The van der Waals surface area contributed by atoms with Gasteiger partial charge in [-0.1, -0.05) is 29.8 Å². The molecular formula is C26H29ClN2O2. The van der Waals surface area contributed by atoms with Crippen LogP contribution in [0.5, 0.6) is 11.5 Å². The first-order chi connectivity index (χ1) is 15.2. The third-order valence-corrected chi connectivity index (χ3v) is 7.21. The number of halogens is 1. The minimum absolute atomic E-state index is 0.493. The van der Waals surface area contributed by atoms with Crippen molar-refractivity contribution < 1.29 is 9.47 Å². The van der Waals surface area contributed by atoms with E-state index in [9.17, 15) is 0 Å². The molecule has 0 amide bonds. The van der Waals surface area contributed by atoms with Crippen molar-refractivity contribution in [3.8, 4) is 11.5 Å². The largest absolute Gasteiger partial charge is 0.497 e. The first-order valence-electron chi connectivity index (χ1n) is 11.1. The topological polar surface area (TPSA) is 24.9 Å². The third-order valence-electron chi connectivity index (χ3n) is 6.90. The second-order valence-corrected chi connectivity index (χ2v) is 8.98. The second kappa shape index (κ2) is 8.60. The highest BCUT2D eigenvalue weighted by Gasteiger charge is 2.35. The van der Waals surface area contributed by atoms with Crippen LogP contribution in [0.4, 0.5) is 5.69 Å². The fourth-order valence-electron chi connectivity index (χ4n) is 5.26. The number of anilines is 1. The third kappa shape index (κ3) is 3.95. The normalized spacial score (nSPS) is 21.7. The standard InChI is InChI=1S/C26H29ClN2O2/c1-30-23-10-8-18-14-20(7-6-19(18)15-23)25-5-3-4-22-17-28(12-13-29(22)25)21-9-11-24(27)26(16-21)31-2/h6-11,14-16,22,25H,3-5,12-13,17H2,1-2H3/t22-,25?/m0/s1. The predicted octanol–water partition coefficient (Wildman–Crippen LogP) is 5.93. The average Bonchev–Trinajstić information content (AvgIpc) is 2.83. The molecule has 4 nitrogen and oxygen atoms in total. The van der Waals surface area contributed by atoms with Gasteiger partial charge in [-0.3, -0.25) is 4.90 Å². The minimum atomic E-state index is 0.493. The molecule has 3 aromatic carbocycles. The molecule has 2 aliphatic heterocycles. The molecular weight excluding hydrogens is 408 g/mol. The number of piperazine rings is 1. The Morgan fingerprint density at radius 1 is 0.871 bits per heavy atom. The molecule has 2 heterocycles. The number of methoxy groups -OCH3 is 2. The van der Waals surface area contributed by atoms with E-state index in [0.29, 0.717) is 17.1 Å². The highest BCUT2D eigenvalue weighted by molar-refractivity contribution is 6.32. The number of hydrogen-bond acceptors (Lipinski definition) is 4. The number of nitrogens with zero attached hydrogens (tertiary/aromatic N) is 2. The van der Waals surface area contributed by atoms with Crippen LogP contribution < -0.4 is 14.4 Å². The number of piperidine rings is 1. The van der Waals surface area contributed by atoms with Crippen LogP contribution in [-0.4, -0.2) is 44.8 Å². The van der Waals surface area contributed by atoms with Gasteiger partial charge in [0.2, 0.25) is 0 Å². The van der Waals surface area contributed by atoms with Gasteiger partial charge in [0.15, 0.2) is 0 Å². The lowest BCUT2D eigenvalue weighted by Gasteiger charge is -2.49. The summed E-state index contributed by atoms with van der Waals surface area (Å²) in [6, 6.07) is 20.4. The molecule has 5 heteroatoms. The zero-order valence-electron chi connectivity index (χ0n) is 18.2. The van der Waals surface area contributed by atoms with Crippen molar-refractivity contribution in [2.75, 3.05) is 38.8 Å². The summed E-state index contributed by atoms with van der Waals surface area (Å²) in [7, 11) is 3.39. The molecule has 1 unspecified atom stereocenters. The Kier molecular flexibility index (Phi) is 5.68. The van der Waals surface area contributed by atoms with Crippen molar-refractivity contribution >= 4 is 28.1 Å². The predicted molar refractivity (Wildman–Crippen MR) is 128 cm³/mol. The van der Waals surface area contributed by atoms with E-state index in [-0.39, 0.29) is 0 Å². The Balaban J connectivity index is 1.36. The SMILES string of the molecule is COc1ccc2cc(C3CCC[C@H]4CN(c5ccc(Cl)c(OC)c5)CCN34)ccc2c1. The first-order valence-corrected chi connectivity index (χ1v) is 11.5. The molecule has 0 spiro atoms. The van der Waals surface area contributed by atoms with E-state index in [2.05, 4.69) is 58.3 Å². The smallest absolute Gasteiger partial charge is 0.139 e. The summed E-state index contributed by atoms with van der Waals surface area (Å²) >= 11 is 6.23. The number of benzene rings is 3. The minimum Gasteiger partial charge on any atom is -0.497 e. The van der Waals surface area contributed by atoms with E-state index in [4.69, 9.17) is 21.1 Å². The molecule has 0 saturated carbocycles. The Morgan fingerprint density at radius 2 is 1.71 bits per heavy atom. The Bertz CT molecular complexity index is 1090. The molecule has 2 atom stereocenters. The maximum absolute atomic E-state index is 6.23. The van der Waals surface area contributed by atoms with E-state index in [1.54, 1.807) is 14.2 Å². The van der Waals surface area contributed by atoms with Crippen LogP contribution in [0.1, 0.15) is 30.9 Å². The van der Waals surface area contributed by atoms with Crippen LogP contribution in [0, 0.1) is 0 Å². The first kappa shape index (κ1) is 20.5. The van der Waals surface area contributed by atoms with Gasteiger partial charge in [0.05, 0.1) is 19.2 Å². The maximum Gasteiger partial charge on any atom is 0.139 e. The molecule has 2 fully saturated rings. The molecule has 0 N–H and O–H groups in total. The van der Waals surface area contributed by atoms with Crippen molar-refractivity contribution in [2.24, 2.45) is 0 Å². The van der Waals surface area contributed by atoms with Crippen LogP contribution in [0.3, 0.4) is 0 Å². The van der Waals surface area contributed by atoms with Crippen LogP contribution in [0.2, 0.25) is 5.02 Å². The molecule has 3 aromatic rings. The summed E-state index contributed by atoms with van der Waals surface area (Å²) < 4.78 is 10.8. The number of fused-ring (bicyclic) bond motifs is 2. The van der Waals surface area contributed by atoms with Gasteiger partial charge in [-0.25, -0.2) is 0 Å². The summed E-state index contributed by atoms with van der Waals surface area (Å²) in [4.78, 5) is 5.22. The molecule has 31 heavy (non-hydrogen) atoms. The fourth-order valence-corrected chi connectivity index (χ4v) is 5.46. The second-order valence-electron chi connectivity index (χ2n) is 8.58. The van der Waals surface area contributed by atoms with E-state index in [1.807, 2.05) is 6.07 Å². The van der Waals surface area contributed by atoms with Crippen molar-refractivity contribution in [3.05, 3.63) is 65.2 Å². The van der Waals surface area contributed by atoms with Gasteiger partial charge in [0, 0.05) is 43.5 Å². The monoisotopic (exact) mass is 436 g/mol. The summed E-state index contributed by atoms with van der Waals surface area (Å²) in [5.41, 5.74) is 2.63. The van der Waals surface area contributed by atoms with Crippen molar-refractivity contribution in [1.82, 2.24) is 4.90 Å². The van der Waals surface area contributed by atoms with Gasteiger partial charge in [-0.05, 0) is 65.9 Å². The molecule has 162 valence electrons. The zero-order chi connectivity index (χ0) is 21.4. The van der Waals surface area contributed by atoms with Crippen LogP contribution in [0.25, 0.3) is 10.8 Å². The highest BCUT2D eigenvalue weighted by atomic mass is 35.5. The van der Waals surface area contributed by atoms with Gasteiger partial charge < -0.3 is 14.4 Å². The van der Waals surface area contributed by atoms with Gasteiger partial charge in [-0.15, -0.1) is 0 Å². The van der Waals surface area contributed by atoms with Crippen molar-refractivity contribution in [2.45, 2.75) is 31.3 Å². The quantitative estimate of drug-likeness (QED) is 0.506. The van der Waals surface area contributed by atoms with Gasteiger partial charge in [0.25, 0.3) is 0 Å². The lowest BCUT2D eigenvalue weighted by Crippen LogP contribution is -2.55. The van der Waals surface area contributed by atoms with E-state index >= 15 is 0 Å². The van der Waals surface area contributed by atoms with Crippen molar-refractivity contribution in [3.63, 3.8) is 0 Å². The number of ether oxygens (including phenoxy) is 2.